The lowest BCUT2D eigenvalue weighted by atomic mass is 10.1. The van der Waals surface area contributed by atoms with Crippen molar-refractivity contribution >= 4 is 56.7 Å². The second kappa shape index (κ2) is 7.89. The number of nitrogens with zero attached hydrogens (tertiary/aromatic N) is 1. The molecule has 0 bridgehead atoms. The predicted octanol–water partition coefficient (Wildman–Crippen LogP) is 4.07. The Hall–Kier alpha value is -2.71. The maximum atomic E-state index is 12.5. The third-order valence-electron chi connectivity index (χ3n) is 3.80. The zero-order chi connectivity index (χ0) is 19.6. The molecular formula is C19H12BrNO5S. The Kier molecular flexibility index (Phi) is 5.57. The summed E-state index contributed by atoms with van der Waals surface area (Å²) in [5.41, 5.74) is 1.12. The number of rotatable bonds is 5. The van der Waals surface area contributed by atoms with Gasteiger partial charge in [-0.3, -0.25) is 19.3 Å². The Bertz CT molecular complexity index is 967. The average molecular weight is 446 g/mol. The van der Waals surface area contributed by atoms with Crippen LogP contribution in [0.3, 0.4) is 0 Å². The number of carbonyl (C=O) groups is 4. The van der Waals surface area contributed by atoms with Crippen LogP contribution < -0.4 is 0 Å². The molecule has 1 aliphatic rings. The van der Waals surface area contributed by atoms with Crippen molar-refractivity contribution in [1.29, 1.82) is 0 Å². The predicted molar refractivity (Wildman–Crippen MR) is 105 cm³/mol. The first-order valence-corrected chi connectivity index (χ1v) is 9.33. The molecule has 2 aromatic rings. The van der Waals surface area contributed by atoms with E-state index in [9.17, 15) is 19.2 Å². The summed E-state index contributed by atoms with van der Waals surface area (Å²) in [6.07, 6.45) is 1.50. The molecule has 0 unspecified atom stereocenters. The van der Waals surface area contributed by atoms with Crippen molar-refractivity contribution in [2.24, 2.45) is 0 Å². The van der Waals surface area contributed by atoms with Crippen molar-refractivity contribution in [2.75, 3.05) is 6.54 Å². The highest BCUT2D eigenvalue weighted by molar-refractivity contribution is 9.10. The fourth-order valence-corrected chi connectivity index (χ4v) is 3.48. The topological polar surface area (TPSA) is 91.8 Å². The van der Waals surface area contributed by atoms with E-state index in [0.717, 1.165) is 21.1 Å². The number of hydrogen-bond donors (Lipinski definition) is 1. The highest BCUT2D eigenvalue weighted by Gasteiger charge is 2.36. The van der Waals surface area contributed by atoms with Crippen LogP contribution in [0.1, 0.15) is 26.3 Å². The number of carboxylic acid groups (broad SMARTS) is 1. The molecule has 3 rings (SSSR count). The number of amides is 2. The van der Waals surface area contributed by atoms with E-state index < -0.39 is 17.1 Å². The van der Waals surface area contributed by atoms with E-state index in [-0.39, 0.29) is 22.8 Å². The molecule has 27 heavy (non-hydrogen) atoms. The van der Waals surface area contributed by atoms with E-state index in [0.29, 0.717) is 11.1 Å². The number of carbonyl (C=O) groups excluding carboxylic acids is 3. The quantitative estimate of drug-likeness (QED) is 0.550. The van der Waals surface area contributed by atoms with Crippen LogP contribution in [0.25, 0.3) is 6.08 Å². The lowest BCUT2D eigenvalue weighted by Gasteiger charge is -2.11. The maximum absolute atomic E-state index is 12.5. The molecule has 0 radical (unpaired) electrons. The first kappa shape index (κ1) is 19.1. The molecule has 0 aromatic heterocycles. The number of carboxylic acids is 1. The Labute approximate surface area is 167 Å². The first-order chi connectivity index (χ1) is 12.8. The molecule has 2 aromatic carbocycles. The van der Waals surface area contributed by atoms with Crippen molar-refractivity contribution in [2.45, 2.75) is 0 Å². The van der Waals surface area contributed by atoms with Crippen molar-refractivity contribution in [3.8, 4) is 0 Å². The highest BCUT2D eigenvalue weighted by atomic mass is 79.9. The van der Waals surface area contributed by atoms with Gasteiger partial charge in [-0.2, -0.15) is 0 Å². The second-order valence-electron chi connectivity index (χ2n) is 5.63. The summed E-state index contributed by atoms with van der Waals surface area (Å²) in [4.78, 5) is 48.9. The van der Waals surface area contributed by atoms with Gasteiger partial charge in [-0.15, -0.1) is 0 Å². The van der Waals surface area contributed by atoms with Crippen molar-refractivity contribution in [3.05, 3.63) is 74.6 Å². The summed E-state index contributed by atoms with van der Waals surface area (Å²) in [6, 6.07) is 12.6. The molecule has 0 spiro atoms. The second-order valence-corrected chi connectivity index (χ2v) is 7.53. The maximum Gasteiger partial charge on any atom is 0.335 e. The van der Waals surface area contributed by atoms with Crippen LogP contribution in [-0.2, 0) is 4.79 Å². The summed E-state index contributed by atoms with van der Waals surface area (Å²) in [5, 5.41) is 8.39. The van der Waals surface area contributed by atoms with Gasteiger partial charge in [-0.1, -0.05) is 40.2 Å². The van der Waals surface area contributed by atoms with E-state index in [2.05, 4.69) is 15.9 Å². The zero-order valence-electron chi connectivity index (χ0n) is 13.7. The number of halogens is 1. The number of Topliss-reactive ketones (excluding diaryl/α,β-unsaturated/α-hetero) is 1. The van der Waals surface area contributed by atoms with E-state index in [4.69, 9.17) is 5.11 Å². The van der Waals surface area contributed by atoms with Crippen LogP contribution in [-0.4, -0.2) is 39.5 Å². The smallest absolute Gasteiger partial charge is 0.335 e. The lowest BCUT2D eigenvalue weighted by Crippen LogP contribution is -2.33. The average Bonchev–Trinajstić information content (AvgIpc) is 2.90. The van der Waals surface area contributed by atoms with Gasteiger partial charge in [0.1, 0.15) is 0 Å². The molecule has 2 amide bonds. The Morgan fingerprint density at radius 2 is 1.59 bits per heavy atom. The summed E-state index contributed by atoms with van der Waals surface area (Å²) in [7, 11) is 0. The van der Waals surface area contributed by atoms with Gasteiger partial charge in [-0.05, 0) is 47.7 Å². The van der Waals surface area contributed by atoms with E-state index >= 15 is 0 Å². The Balaban J connectivity index is 1.75. The minimum absolute atomic E-state index is 0.125. The van der Waals surface area contributed by atoms with Crippen molar-refractivity contribution in [1.82, 2.24) is 4.90 Å². The summed E-state index contributed by atoms with van der Waals surface area (Å²) < 4.78 is 0.821. The molecule has 8 heteroatoms. The molecule has 1 heterocycles. The monoisotopic (exact) mass is 445 g/mol. The molecule has 0 atom stereocenters. The number of benzene rings is 2. The summed E-state index contributed by atoms with van der Waals surface area (Å²) in [5.74, 6) is -1.93. The van der Waals surface area contributed by atoms with Gasteiger partial charge in [0.15, 0.2) is 5.78 Å². The number of imide groups is 1. The molecule has 1 saturated heterocycles. The Morgan fingerprint density at radius 1 is 1.00 bits per heavy atom. The first-order valence-electron chi connectivity index (χ1n) is 7.72. The molecule has 1 aliphatic heterocycles. The van der Waals surface area contributed by atoms with E-state index in [1.54, 1.807) is 36.4 Å². The number of aromatic carboxylic acids is 1. The molecule has 1 N–H and O–H groups in total. The van der Waals surface area contributed by atoms with Crippen LogP contribution in [0.2, 0.25) is 0 Å². The number of hydrogen-bond acceptors (Lipinski definition) is 5. The standard InChI is InChI=1S/C19H12BrNO5S/c20-14-7-5-12(6-8-14)15(22)10-21-17(23)16(27-19(21)26)9-11-1-3-13(4-2-11)18(24)25/h1-9H,10H2,(H,24,25)/b16-9-. The van der Waals surface area contributed by atoms with Crippen molar-refractivity contribution < 1.29 is 24.3 Å². The molecule has 1 fully saturated rings. The largest absolute Gasteiger partial charge is 0.478 e. The minimum Gasteiger partial charge on any atom is -0.478 e. The molecule has 0 aliphatic carbocycles. The lowest BCUT2D eigenvalue weighted by molar-refractivity contribution is -0.122. The van der Waals surface area contributed by atoms with Gasteiger partial charge >= 0.3 is 5.97 Å². The molecule has 136 valence electrons. The highest BCUT2D eigenvalue weighted by Crippen LogP contribution is 2.32. The van der Waals surface area contributed by atoms with Gasteiger partial charge < -0.3 is 5.11 Å². The van der Waals surface area contributed by atoms with E-state index in [1.807, 2.05) is 0 Å². The van der Waals surface area contributed by atoms with Crippen molar-refractivity contribution in [3.63, 3.8) is 0 Å². The van der Waals surface area contributed by atoms with Crippen LogP contribution in [0.5, 0.6) is 0 Å². The number of ketones is 1. The molecular weight excluding hydrogens is 434 g/mol. The summed E-state index contributed by atoms with van der Waals surface area (Å²) >= 11 is 4.03. The van der Waals surface area contributed by atoms with Crippen LogP contribution >= 0.6 is 27.7 Å². The van der Waals surface area contributed by atoms with Crippen LogP contribution in [0.15, 0.2) is 57.9 Å². The van der Waals surface area contributed by atoms with Gasteiger partial charge in [0.2, 0.25) is 0 Å². The van der Waals surface area contributed by atoms with Gasteiger partial charge in [0, 0.05) is 10.0 Å². The Morgan fingerprint density at radius 3 is 2.19 bits per heavy atom. The van der Waals surface area contributed by atoms with Gasteiger partial charge in [0.05, 0.1) is 17.0 Å². The fourth-order valence-electron chi connectivity index (χ4n) is 2.38. The minimum atomic E-state index is -1.05. The van der Waals surface area contributed by atoms with Gasteiger partial charge in [0.25, 0.3) is 11.1 Å². The van der Waals surface area contributed by atoms with E-state index in [1.165, 1.54) is 18.2 Å². The normalized spacial score (nSPS) is 15.4. The zero-order valence-corrected chi connectivity index (χ0v) is 16.1. The van der Waals surface area contributed by atoms with Crippen LogP contribution in [0.4, 0.5) is 4.79 Å². The molecule has 6 nitrogen and oxygen atoms in total. The SMILES string of the molecule is O=C(O)c1ccc(/C=C2\SC(=O)N(CC(=O)c3ccc(Br)cc3)C2=O)cc1. The third kappa shape index (κ3) is 4.35. The van der Waals surface area contributed by atoms with Crippen LogP contribution in [0, 0.1) is 0 Å². The van der Waals surface area contributed by atoms with Gasteiger partial charge in [-0.25, -0.2) is 4.79 Å². The fraction of sp³-hybridized carbons (Fsp3) is 0.0526. The summed E-state index contributed by atoms with van der Waals surface area (Å²) in [6.45, 7) is -0.332. The number of thioether (sulfide) groups is 1. The molecule has 0 saturated carbocycles. The third-order valence-corrected chi connectivity index (χ3v) is 5.23.